The van der Waals surface area contributed by atoms with E-state index in [1.807, 2.05) is 18.2 Å². The Morgan fingerprint density at radius 3 is 2.54 bits per heavy atom. The summed E-state index contributed by atoms with van der Waals surface area (Å²) in [4.78, 5) is 27.5. The summed E-state index contributed by atoms with van der Waals surface area (Å²) in [5, 5.41) is 6.13. The second-order valence-corrected chi connectivity index (χ2v) is 7.43. The molecule has 0 unspecified atom stereocenters. The van der Waals surface area contributed by atoms with Crippen molar-refractivity contribution in [2.45, 2.75) is 46.5 Å². The lowest BCUT2D eigenvalue weighted by Crippen LogP contribution is -2.27. The van der Waals surface area contributed by atoms with Gasteiger partial charge in [-0.25, -0.2) is 0 Å². The van der Waals surface area contributed by atoms with Crippen molar-refractivity contribution in [3.05, 3.63) is 29.6 Å². The number of aromatic nitrogens is 3. The molecule has 0 radical (unpaired) electrons. The topological polar surface area (TPSA) is 83.0 Å². The van der Waals surface area contributed by atoms with Crippen molar-refractivity contribution in [2.75, 3.05) is 28.6 Å². The van der Waals surface area contributed by atoms with Crippen LogP contribution in [0.4, 0.5) is 23.3 Å². The van der Waals surface area contributed by atoms with Crippen LogP contribution in [0.5, 0.6) is 0 Å². The fourth-order valence-corrected chi connectivity index (χ4v) is 2.83. The Bertz CT molecular complexity index is 823. The molecule has 0 fully saturated rings. The van der Waals surface area contributed by atoms with Crippen LogP contribution in [0.25, 0.3) is 0 Å². The molecular formula is C19H26N6O. The Morgan fingerprint density at radius 2 is 1.88 bits per heavy atom. The molecule has 0 atom stereocenters. The summed E-state index contributed by atoms with van der Waals surface area (Å²) in [6, 6.07) is 5.81. The summed E-state index contributed by atoms with van der Waals surface area (Å²) < 4.78 is 0. The highest BCUT2D eigenvalue weighted by atomic mass is 16.1. The van der Waals surface area contributed by atoms with Crippen molar-refractivity contribution in [3.63, 3.8) is 0 Å². The summed E-state index contributed by atoms with van der Waals surface area (Å²) in [5.41, 5.74) is 2.50. The van der Waals surface area contributed by atoms with Gasteiger partial charge in [-0.15, -0.1) is 0 Å². The van der Waals surface area contributed by atoms with Gasteiger partial charge in [-0.05, 0) is 31.5 Å². The van der Waals surface area contributed by atoms with E-state index in [1.54, 1.807) is 0 Å². The Labute approximate surface area is 154 Å². The Morgan fingerprint density at radius 1 is 1.15 bits per heavy atom. The number of amides is 1. The zero-order valence-electron chi connectivity index (χ0n) is 16.1. The predicted octanol–water partition coefficient (Wildman–Crippen LogP) is 3.25. The Balaban J connectivity index is 1.95. The van der Waals surface area contributed by atoms with E-state index in [2.05, 4.69) is 65.1 Å². The zero-order chi connectivity index (χ0) is 18.9. The van der Waals surface area contributed by atoms with Gasteiger partial charge in [0.1, 0.15) is 5.82 Å². The van der Waals surface area contributed by atoms with Gasteiger partial charge in [-0.2, -0.15) is 15.0 Å². The summed E-state index contributed by atoms with van der Waals surface area (Å²) in [6.07, 6.45) is 0.432. The van der Waals surface area contributed by atoms with Crippen LogP contribution >= 0.6 is 0 Å². The van der Waals surface area contributed by atoms with Gasteiger partial charge in [-0.3, -0.25) is 4.79 Å². The first-order valence-electron chi connectivity index (χ1n) is 9.01. The highest BCUT2D eigenvalue weighted by Gasteiger charge is 2.22. The highest BCUT2D eigenvalue weighted by Crippen LogP contribution is 2.28. The van der Waals surface area contributed by atoms with Crippen molar-refractivity contribution >= 4 is 29.2 Å². The average Bonchev–Trinajstić information content (AvgIpc) is 2.94. The second kappa shape index (κ2) is 6.90. The van der Waals surface area contributed by atoms with E-state index in [9.17, 15) is 4.79 Å². The summed E-state index contributed by atoms with van der Waals surface area (Å²) in [5.74, 6) is 1.95. The molecule has 0 saturated carbocycles. The van der Waals surface area contributed by atoms with Gasteiger partial charge in [-0.1, -0.05) is 26.8 Å². The van der Waals surface area contributed by atoms with Gasteiger partial charge in [0, 0.05) is 29.9 Å². The lowest BCUT2D eigenvalue weighted by Gasteiger charge is -2.23. The molecule has 2 N–H and O–H groups in total. The molecule has 0 aliphatic carbocycles. The number of carbonyl (C=O) groups excluding carboxylic acids is 1. The Hall–Kier alpha value is -2.70. The molecule has 1 aromatic heterocycles. The molecule has 0 saturated heterocycles. The molecule has 138 valence electrons. The molecular weight excluding hydrogens is 328 g/mol. The molecule has 26 heavy (non-hydrogen) atoms. The summed E-state index contributed by atoms with van der Waals surface area (Å²) in [7, 11) is 0. The number of carbonyl (C=O) groups is 1. The molecule has 3 rings (SSSR count). The molecule has 2 aromatic rings. The first-order valence-corrected chi connectivity index (χ1v) is 9.01. The summed E-state index contributed by atoms with van der Waals surface area (Å²) >= 11 is 0. The smallest absolute Gasteiger partial charge is 0.232 e. The van der Waals surface area contributed by atoms with Crippen molar-refractivity contribution in [2.24, 2.45) is 0 Å². The maximum absolute atomic E-state index is 11.5. The number of fused-ring (bicyclic) bond motifs is 1. The fourth-order valence-electron chi connectivity index (χ4n) is 2.83. The van der Waals surface area contributed by atoms with Crippen molar-refractivity contribution in [1.29, 1.82) is 0 Å². The first-order chi connectivity index (χ1) is 12.3. The second-order valence-electron chi connectivity index (χ2n) is 7.43. The largest absolute Gasteiger partial charge is 0.341 e. The van der Waals surface area contributed by atoms with Crippen LogP contribution in [0, 0.1) is 0 Å². The number of benzene rings is 1. The predicted molar refractivity (Wildman–Crippen MR) is 104 cm³/mol. The highest BCUT2D eigenvalue weighted by molar-refractivity contribution is 5.99. The number of anilines is 4. The number of hydrogen-bond donors (Lipinski definition) is 2. The lowest BCUT2D eigenvalue weighted by atomic mass is 9.96. The normalized spacial score (nSPS) is 13.3. The maximum atomic E-state index is 11.5. The van der Waals surface area contributed by atoms with E-state index in [4.69, 9.17) is 0 Å². The number of hydrogen-bond acceptors (Lipinski definition) is 6. The van der Waals surface area contributed by atoms with Crippen molar-refractivity contribution < 1.29 is 4.79 Å². The SMILES string of the molecule is CCN(CC)c1nc(Nc2ccc3c(c2)NC(=O)C3)nc(C(C)(C)C)n1. The third-order valence-corrected chi connectivity index (χ3v) is 4.33. The van der Waals surface area contributed by atoms with Gasteiger partial charge >= 0.3 is 0 Å². The van der Waals surface area contributed by atoms with Crippen molar-refractivity contribution in [3.8, 4) is 0 Å². The molecule has 0 spiro atoms. The van der Waals surface area contributed by atoms with Crippen LogP contribution in [0.2, 0.25) is 0 Å². The molecule has 7 nitrogen and oxygen atoms in total. The summed E-state index contributed by atoms with van der Waals surface area (Å²) in [6.45, 7) is 12.1. The van der Waals surface area contributed by atoms with Gasteiger partial charge in [0.25, 0.3) is 0 Å². The minimum Gasteiger partial charge on any atom is -0.341 e. The zero-order valence-corrected chi connectivity index (χ0v) is 16.1. The van der Waals surface area contributed by atoms with Gasteiger partial charge < -0.3 is 15.5 Å². The van der Waals surface area contributed by atoms with Crippen molar-refractivity contribution in [1.82, 2.24) is 15.0 Å². The van der Waals surface area contributed by atoms with Crippen LogP contribution in [-0.2, 0) is 16.6 Å². The van der Waals surface area contributed by atoms with E-state index in [-0.39, 0.29) is 11.3 Å². The molecule has 1 aromatic carbocycles. The third kappa shape index (κ3) is 3.76. The molecule has 7 heteroatoms. The van der Waals surface area contributed by atoms with Crippen LogP contribution in [-0.4, -0.2) is 33.9 Å². The average molecular weight is 354 g/mol. The molecule has 0 bridgehead atoms. The minimum absolute atomic E-state index is 0.0242. The molecule has 1 aliphatic rings. The van der Waals surface area contributed by atoms with Crippen LogP contribution < -0.4 is 15.5 Å². The quantitative estimate of drug-likeness (QED) is 0.857. The lowest BCUT2D eigenvalue weighted by molar-refractivity contribution is -0.115. The minimum atomic E-state index is -0.187. The molecule has 1 amide bonds. The standard InChI is InChI=1S/C19H26N6O/c1-6-25(7-2)18-23-16(19(3,4)5)22-17(24-18)20-13-9-8-12-10-15(26)21-14(12)11-13/h8-9,11H,6-7,10H2,1-5H3,(H,21,26)(H,20,22,23,24). The van der Waals surface area contributed by atoms with Gasteiger partial charge in [0.05, 0.1) is 6.42 Å². The fraction of sp³-hybridized carbons (Fsp3) is 0.474. The number of nitrogens with one attached hydrogen (secondary N) is 2. The Kier molecular flexibility index (Phi) is 4.80. The number of rotatable bonds is 5. The van der Waals surface area contributed by atoms with E-state index < -0.39 is 0 Å². The third-order valence-electron chi connectivity index (χ3n) is 4.33. The molecule has 2 heterocycles. The van der Waals surface area contributed by atoms with Crippen LogP contribution in [0.3, 0.4) is 0 Å². The first kappa shape index (κ1) is 18.1. The van der Waals surface area contributed by atoms with E-state index in [0.29, 0.717) is 18.3 Å². The van der Waals surface area contributed by atoms with E-state index in [0.717, 1.165) is 35.9 Å². The maximum Gasteiger partial charge on any atom is 0.232 e. The number of nitrogens with zero attached hydrogens (tertiary/aromatic N) is 4. The van der Waals surface area contributed by atoms with Crippen LogP contribution in [0.1, 0.15) is 46.0 Å². The molecule has 1 aliphatic heterocycles. The monoisotopic (exact) mass is 354 g/mol. The van der Waals surface area contributed by atoms with E-state index in [1.165, 1.54) is 0 Å². The van der Waals surface area contributed by atoms with Gasteiger partial charge in [0.15, 0.2) is 0 Å². The van der Waals surface area contributed by atoms with Crippen LogP contribution in [0.15, 0.2) is 18.2 Å². The van der Waals surface area contributed by atoms with Gasteiger partial charge in [0.2, 0.25) is 17.8 Å². The van der Waals surface area contributed by atoms with E-state index >= 15 is 0 Å².